The first kappa shape index (κ1) is 26.6. The number of methoxy groups -OCH3 is 1. The van der Waals surface area contributed by atoms with Crippen LogP contribution in [0.2, 0.25) is 0 Å². The quantitative estimate of drug-likeness (QED) is 0.176. The Bertz CT molecular complexity index is 1500. The number of hydrogen-bond donors (Lipinski definition) is 1. The standard InChI is InChI=1S/C27H22BrN3O7/c1-15-4-9-22(16(2)10-15)30-26(33)20(25(32)29-27(30)34)11-18-12-21(28)24(23(13-18)37-3)38-14-17-5-7-19(8-6-17)31(35)36/h4-13H,14H2,1-3H3,(H,29,32,34)/b20-11+. The van der Waals surface area contributed by atoms with E-state index in [0.717, 1.165) is 10.5 Å². The van der Waals surface area contributed by atoms with Gasteiger partial charge in [-0.2, -0.15) is 0 Å². The number of carbonyl (C=O) groups is 3. The van der Waals surface area contributed by atoms with Crippen molar-refractivity contribution in [3.63, 3.8) is 0 Å². The van der Waals surface area contributed by atoms with Crippen LogP contribution in [0.25, 0.3) is 6.08 Å². The number of nitro groups is 1. The number of aryl methyl sites for hydroxylation is 2. The number of nitro benzene ring substituents is 1. The first-order chi connectivity index (χ1) is 18.1. The zero-order chi connectivity index (χ0) is 27.6. The van der Waals surface area contributed by atoms with E-state index in [2.05, 4.69) is 21.2 Å². The molecule has 1 N–H and O–H groups in total. The van der Waals surface area contributed by atoms with Gasteiger partial charge < -0.3 is 9.47 Å². The Kier molecular flexibility index (Phi) is 7.58. The van der Waals surface area contributed by atoms with Gasteiger partial charge in [-0.15, -0.1) is 0 Å². The lowest BCUT2D eigenvalue weighted by Gasteiger charge is -2.27. The minimum Gasteiger partial charge on any atom is -0.493 e. The van der Waals surface area contributed by atoms with Gasteiger partial charge in [0.2, 0.25) is 0 Å². The lowest BCUT2D eigenvalue weighted by atomic mass is 10.0. The fourth-order valence-corrected chi connectivity index (χ4v) is 4.51. The van der Waals surface area contributed by atoms with Crippen molar-refractivity contribution in [2.45, 2.75) is 20.5 Å². The van der Waals surface area contributed by atoms with Gasteiger partial charge >= 0.3 is 6.03 Å². The van der Waals surface area contributed by atoms with Gasteiger partial charge in [-0.1, -0.05) is 17.7 Å². The Morgan fingerprint density at radius 3 is 2.39 bits per heavy atom. The van der Waals surface area contributed by atoms with Gasteiger partial charge in [0.05, 0.1) is 22.2 Å². The monoisotopic (exact) mass is 579 g/mol. The molecule has 4 rings (SSSR count). The van der Waals surface area contributed by atoms with Gasteiger partial charge in [-0.05, 0) is 82.9 Å². The van der Waals surface area contributed by atoms with Gasteiger partial charge in [-0.25, -0.2) is 9.69 Å². The Morgan fingerprint density at radius 1 is 1.05 bits per heavy atom. The fourth-order valence-electron chi connectivity index (χ4n) is 3.93. The molecule has 0 aromatic heterocycles. The van der Waals surface area contributed by atoms with Gasteiger partial charge in [-0.3, -0.25) is 25.0 Å². The highest BCUT2D eigenvalue weighted by molar-refractivity contribution is 9.10. The molecule has 10 nitrogen and oxygen atoms in total. The minimum absolute atomic E-state index is 0.0241. The lowest BCUT2D eigenvalue weighted by Crippen LogP contribution is -2.54. The second-order valence-corrected chi connectivity index (χ2v) is 9.35. The maximum absolute atomic E-state index is 13.3. The van der Waals surface area contributed by atoms with Crippen LogP contribution in [0, 0.1) is 24.0 Å². The van der Waals surface area contributed by atoms with E-state index in [9.17, 15) is 24.5 Å². The summed E-state index contributed by atoms with van der Waals surface area (Å²) >= 11 is 3.44. The largest absolute Gasteiger partial charge is 0.493 e. The number of carbonyl (C=O) groups excluding carboxylic acids is 3. The van der Waals surface area contributed by atoms with Crippen molar-refractivity contribution in [3.05, 3.63) is 97.0 Å². The van der Waals surface area contributed by atoms with E-state index >= 15 is 0 Å². The highest BCUT2D eigenvalue weighted by Crippen LogP contribution is 2.38. The molecule has 4 amide bonds. The summed E-state index contributed by atoms with van der Waals surface area (Å²) in [6, 6.07) is 13.6. The molecular formula is C27H22BrN3O7. The number of anilines is 1. The summed E-state index contributed by atoms with van der Waals surface area (Å²) in [7, 11) is 1.44. The second-order valence-electron chi connectivity index (χ2n) is 8.49. The average Bonchev–Trinajstić information content (AvgIpc) is 2.87. The van der Waals surface area contributed by atoms with Crippen molar-refractivity contribution < 1.29 is 28.8 Å². The van der Waals surface area contributed by atoms with E-state index in [1.54, 1.807) is 43.3 Å². The highest BCUT2D eigenvalue weighted by Gasteiger charge is 2.37. The fraction of sp³-hybridized carbons (Fsp3) is 0.148. The highest BCUT2D eigenvalue weighted by atomic mass is 79.9. The zero-order valence-electron chi connectivity index (χ0n) is 20.6. The van der Waals surface area contributed by atoms with Gasteiger partial charge in [0.1, 0.15) is 12.2 Å². The van der Waals surface area contributed by atoms with Crippen LogP contribution in [0.4, 0.5) is 16.2 Å². The smallest absolute Gasteiger partial charge is 0.335 e. The normalized spacial score (nSPS) is 14.5. The molecule has 1 heterocycles. The summed E-state index contributed by atoms with van der Waals surface area (Å²) in [5.41, 5.74) is 2.96. The number of halogens is 1. The van der Waals surface area contributed by atoms with Crippen LogP contribution < -0.4 is 19.7 Å². The van der Waals surface area contributed by atoms with E-state index < -0.39 is 22.8 Å². The van der Waals surface area contributed by atoms with Crippen molar-refractivity contribution in [3.8, 4) is 11.5 Å². The van der Waals surface area contributed by atoms with Crippen molar-refractivity contribution >= 4 is 51.2 Å². The topological polar surface area (TPSA) is 128 Å². The van der Waals surface area contributed by atoms with Crippen LogP contribution in [0.5, 0.6) is 11.5 Å². The molecule has 194 valence electrons. The molecule has 0 spiro atoms. The molecule has 0 unspecified atom stereocenters. The molecule has 0 bridgehead atoms. The Morgan fingerprint density at radius 2 is 1.76 bits per heavy atom. The summed E-state index contributed by atoms with van der Waals surface area (Å²) in [5.74, 6) is -0.882. The molecule has 0 aliphatic carbocycles. The molecule has 1 fully saturated rings. The number of urea groups is 1. The van der Waals surface area contributed by atoms with Crippen molar-refractivity contribution in [2.24, 2.45) is 0 Å². The number of non-ortho nitro benzene ring substituents is 1. The summed E-state index contributed by atoms with van der Waals surface area (Å²) in [4.78, 5) is 49.8. The first-order valence-corrected chi connectivity index (χ1v) is 12.1. The number of imide groups is 2. The minimum atomic E-state index is -0.821. The number of ether oxygens (including phenoxy) is 2. The van der Waals surface area contributed by atoms with Crippen LogP contribution in [0.3, 0.4) is 0 Å². The first-order valence-electron chi connectivity index (χ1n) is 11.3. The molecule has 3 aromatic carbocycles. The Hall–Kier alpha value is -4.51. The predicted octanol–water partition coefficient (Wildman–Crippen LogP) is 5.23. The van der Waals surface area contributed by atoms with E-state index in [1.807, 2.05) is 13.0 Å². The van der Waals surface area contributed by atoms with Crippen LogP contribution in [-0.4, -0.2) is 29.9 Å². The number of barbiturate groups is 1. The molecule has 0 atom stereocenters. The van der Waals surface area contributed by atoms with E-state index in [0.29, 0.717) is 38.3 Å². The van der Waals surface area contributed by atoms with Crippen molar-refractivity contribution in [2.75, 3.05) is 12.0 Å². The van der Waals surface area contributed by atoms with Gasteiger partial charge in [0.25, 0.3) is 17.5 Å². The molecule has 1 saturated heterocycles. The third-order valence-electron chi connectivity index (χ3n) is 5.79. The van der Waals surface area contributed by atoms with E-state index in [-0.39, 0.29) is 17.9 Å². The van der Waals surface area contributed by atoms with Crippen LogP contribution in [-0.2, 0) is 16.2 Å². The molecule has 11 heteroatoms. The number of nitrogens with zero attached hydrogens (tertiary/aromatic N) is 2. The molecule has 1 aliphatic heterocycles. The molecule has 3 aromatic rings. The number of nitrogens with one attached hydrogen (secondary N) is 1. The van der Waals surface area contributed by atoms with Gasteiger partial charge in [0.15, 0.2) is 11.5 Å². The number of rotatable bonds is 7. The van der Waals surface area contributed by atoms with E-state index in [4.69, 9.17) is 9.47 Å². The number of amides is 4. The summed E-state index contributed by atoms with van der Waals surface area (Å²) < 4.78 is 11.8. The summed E-state index contributed by atoms with van der Waals surface area (Å²) in [5, 5.41) is 13.1. The third kappa shape index (κ3) is 5.42. The van der Waals surface area contributed by atoms with Crippen molar-refractivity contribution in [1.82, 2.24) is 5.32 Å². The molecule has 0 radical (unpaired) electrons. The van der Waals surface area contributed by atoms with E-state index in [1.165, 1.54) is 25.3 Å². The van der Waals surface area contributed by atoms with Crippen LogP contribution in [0.1, 0.15) is 22.3 Å². The maximum atomic E-state index is 13.3. The number of benzene rings is 3. The molecule has 0 saturated carbocycles. The SMILES string of the molecule is COc1cc(/C=C2\C(=O)NC(=O)N(c3ccc(C)cc3C)C2=O)cc(Br)c1OCc1ccc([N+](=O)[O-])cc1. The Balaban J connectivity index is 1.62. The average molecular weight is 580 g/mol. The predicted molar refractivity (Wildman–Crippen MR) is 143 cm³/mol. The third-order valence-corrected chi connectivity index (χ3v) is 6.38. The molecule has 1 aliphatic rings. The second kappa shape index (κ2) is 10.9. The van der Waals surface area contributed by atoms with Gasteiger partial charge in [0, 0.05) is 12.1 Å². The number of hydrogen-bond acceptors (Lipinski definition) is 7. The lowest BCUT2D eigenvalue weighted by molar-refractivity contribution is -0.384. The Labute approximate surface area is 226 Å². The molecular weight excluding hydrogens is 558 g/mol. The zero-order valence-corrected chi connectivity index (χ0v) is 22.2. The summed E-state index contributed by atoms with van der Waals surface area (Å²) in [6.07, 6.45) is 1.37. The summed E-state index contributed by atoms with van der Waals surface area (Å²) in [6.45, 7) is 3.79. The van der Waals surface area contributed by atoms with Crippen LogP contribution >= 0.6 is 15.9 Å². The van der Waals surface area contributed by atoms with Crippen molar-refractivity contribution in [1.29, 1.82) is 0 Å². The molecule has 38 heavy (non-hydrogen) atoms. The maximum Gasteiger partial charge on any atom is 0.335 e. The van der Waals surface area contributed by atoms with Crippen LogP contribution in [0.15, 0.2) is 64.6 Å².